The topological polar surface area (TPSA) is 0 Å². The van der Waals surface area contributed by atoms with Crippen LogP contribution in [0.3, 0.4) is 0 Å². The van der Waals surface area contributed by atoms with E-state index in [1.54, 1.807) is 0 Å². The molecule has 138 valence electrons. The highest BCUT2D eigenvalue weighted by molar-refractivity contribution is 5.19. The van der Waals surface area contributed by atoms with Gasteiger partial charge in [-0.05, 0) is 42.4 Å². The van der Waals surface area contributed by atoms with Gasteiger partial charge in [-0.2, -0.15) is 0 Å². The molecule has 0 heterocycles. The van der Waals surface area contributed by atoms with Gasteiger partial charge in [0, 0.05) is 0 Å². The maximum Gasteiger partial charge on any atom is 0.194 e. The zero-order valence-electron chi connectivity index (χ0n) is 15.5. The lowest BCUT2D eigenvalue weighted by molar-refractivity contribution is 0.364. The Morgan fingerprint density at radius 2 is 1.38 bits per heavy atom. The molecule has 0 aliphatic rings. The molecular formula is C21H33F3. The van der Waals surface area contributed by atoms with Gasteiger partial charge in [0.2, 0.25) is 0 Å². The molecule has 0 amide bonds. The number of aryl methyl sites for hydroxylation is 1. The molecule has 24 heavy (non-hydrogen) atoms. The summed E-state index contributed by atoms with van der Waals surface area (Å²) < 4.78 is 39.4. The summed E-state index contributed by atoms with van der Waals surface area (Å²) in [5.74, 6) is -2.04. The number of hydrogen-bond acceptors (Lipinski definition) is 0. The van der Waals surface area contributed by atoms with E-state index in [1.807, 2.05) is 0 Å². The maximum absolute atomic E-state index is 13.2. The quantitative estimate of drug-likeness (QED) is 0.346. The highest BCUT2D eigenvalue weighted by Crippen LogP contribution is 2.24. The average Bonchev–Trinajstić information content (AvgIpc) is 2.52. The third-order valence-corrected chi connectivity index (χ3v) is 4.91. The van der Waals surface area contributed by atoms with Crippen LogP contribution in [0.25, 0.3) is 0 Å². The van der Waals surface area contributed by atoms with E-state index in [0.717, 1.165) is 30.9 Å². The van der Waals surface area contributed by atoms with Gasteiger partial charge in [0.15, 0.2) is 17.5 Å². The summed E-state index contributed by atoms with van der Waals surface area (Å²) in [4.78, 5) is 0. The third-order valence-electron chi connectivity index (χ3n) is 4.91. The minimum absolute atomic E-state index is 0.554. The first-order valence-corrected chi connectivity index (χ1v) is 9.61. The highest BCUT2D eigenvalue weighted by atomic mass is 19.2. The zero-order chi connectivity index (χ0) is 17.9. The van der Waals surface area contributed by atoms with Gasteiger partial charge in [-0.25, -0.2) is 13.2 Å². The molecule has 0 saturated carbocycles. The second-order valence-electron chi connectivity index (χ2n) is 7.25. The number of benzene rings is 1. The van der Waals surface area contributed by atoms with Gasteiger partial charge in [-0.15, -0.1) is 0 Å². The van der Waals surface area contributed by atoms with Crippen LogP contribution in [0.1, 0.15) is 84.1 Å². The van der Waals surface area contributed by atoms with Crippen molar-refractivity contribution in [3.63, 3.8) is 0 Å². The molecule has 1 aromatic rings. The normalized spacial score (nSPS) is 13.9. The van der Waals surface area contributed by atoms with Crippen LogP contribution >= 0.6 is 0 Å². The van der Waals surface area contributed by atoms with Gasteiger partial charge in [0.25, 0.3) is 0 Å². The molecular weight excluding hydrogens is 309 g/mol. The standard InChI is InChI=1S/C21H33F3/c1-4-8-16(3)10-6-11-17(9-5-2)12-7-13-18-14-19(22)21(24)20(23)15-18/h14-17H,4-13H2,1-3H3. The van der Waals surface area contributed by atoms with E-state index >= 15 is 0 Å². The fraction of sp³-hybridized carbons (Fsp3) is 0.714. The number of hydrogen-bond donors (Lipinski definition) is 0. The van der Waals surface area contributed by atoms with Crippen LogP contribution in [0.4, 0.5) is 13.2 Å². The molecule has 1 aromatic carbocycles. The van der Waals surface area contributed by atoms with Crippen molar-refractivity contribution in [3.05, 3.63) is 35.1 Å². The molecule has 0 aromatic heterocycles. The number of halogens is 3. The Labute approximate surface area is 145 Å². The molecule has 0 nitrogen and oxygen atoms in total. The number of rotatable bonds is 12. The lowest BCUT2D eigenvalue weighted by Gasteiger charge is -2.17. The maximum atomic E-state index is 13.2. The van der Waals surface area contributed by atoms with Crippen molar-refractivity contribution in [1.29, 1.82) is 0 Å². The van der Waals surface area contributed by atoms with Crippen LogP contribution in [0, 0.1) is 29.3 Å². The van der Waals surface area contributed by atoms with E-state index < -0.39 is 17.5 Å². The van der Waals surface area contributed by atoms with Crippen molar-refractivity contribution < 1.29 is 13.2 Å². The molecule has 0 fully saturated rings. The van der Waals surface area contributed by atoms with Gasteiger partial charge < -0.3 is 0 Å². The van der Waals surface area contributed by atoms with Crippen molar-refractivity contribution in [2.75, 3.05) is 0 Å². The molecule has 0 bridgehead atoms. The molecule has 1 rings (SSSR count). The summed E-state index contributed by atoms with van der Waals surface area (Å²) in [6.07, 6.45) is 11.4. The van der Waals surface area contributed by atoms with Crippen molar-refractivity contribution in [2.45, 2.75) is 85.0 Å². The van der Waals surface area contributed by atoms with Crippen LogP contribution < -0.4 is 0 Å². The summed E-state index contributed by atoms with van der Waals surface area (Å²) in [5.41, 5.74) is 0.554. The van der Waals surface area contributed by atoms with Crippen LogP contribution in [-0.2, 0) is 6.42 Å². The minimum Gasteiger partial charge on any atom is -0.204 e. The summed E-state index contributed by atoms with van der Waals surface area (Å²) in [6.45, 7) is 6.77. The zero-order valence-corrected chi connectivity index (χ0v) is 15.5. The second-order valence-corrected chi connectivity index (χ2v) is 7.25. The third kappa shape index (κ3) is 7.72. The predicted molar refractivity (Wildman–Crippen MR) is 95.6 cm³/mol. The molecule has 0 aliphatic carbocycles. The lowest BCUT2D eigenvalue weighted by atomic mass is 9.89. The smallest absolute Gasteiger partial charge is 0.194 e. The Bertz CT molecular complexity index is 447. The molecule has 0 radical (unpaired) electrons. The molecule has 2 atom stereocenters. The molecule has 0 aliphatic heterocycles. The van der Waals surface area contributed by atoms with E-state index in [0.29, 0.717) is 17.9 Å². The van der Waals surface area contributed by atoms with E-state index in [1.165, 1.54) is 44.9 Å². The van der Waals surface area contributed by atoms with Gasteiger partial charge >= 0.3 is 0 Å². The Kier molecular flexibility index (Phi) is 10.1. The van der Waals surface area contributed by atoms with Crippen molar-refractivity contribution in [3.8, 4) is 0 Å². The summed E-state index contributed by atoms with van der Waals surface area (Å²) in [5, 5.41) is 0. The molecule has 2 unspecified atom stereocenters. The lowest BCUT2D eigenvalue weighted by Crippen LogP contribution is -2.04. The van der Waals surface area contributed by atoms with Crippen molar-refractivity contribution in [1.82, 2.24) is 0 Å². The van der Waals surface area contributed by atoms with Gasteiger partial charge in [-0.3, -0.25) is 0 Å². The second kappa shape index (κ2) is 11.5. The Morgan fingerprint density at radius 3 is 1.96 bits per heavy atom. The van der Waals surface area contributed by atoms with Gasteiger partial charge in [0.1, 0.15) is 0 Å². The van der Waals surface area contributed by atoms with Crippen molar-refractivity contribution in [2.24, 2.45) is 11.8 Å². The first kappa shape index (κ1) is 21.1. The first-order chi connectivity index (χ1) is 11.5. The van der Waals surface area contributed by atoms with Crippen LogP contribution in [-0.4, -0.2) is 0 Å². The SMILES string of the molecule is CCCC(C)CCCC(CCC)CCCc1cc(F)c(F)c(F)c1. The summed E-state index contributed by atoms with van der Waals surface area (Å²) in [7, 11) is 0. The van der Waals surface area contributed by atoms with E-state index in [4.69, 9.17) is 0 Å². The van der Waals surface area contributed by atoms with Crippen LogP contribution in [0.2, 0.25) is 0 Å². The fourth-order valence-electron chi connectivity index (χ4n) is 3.58. The molecule has 0 spiro atoms. The van der Waals surface area contributed by atoms with Crippen LogP contribution in [0.15, 0.2) is 12.1 Å². The van der Waals surface area contributed by atoms with Crippen LogP contribution in [0.5, 0.6) is 0 Å². The van der Waals surface area contributed by atoms with E-state index in [2.05, 4.69) is 20.8 Å². The first-order valence-electron chi connectivity index (χ1n) is 9.61. The molecule has 0 saturated heterocycles. The minimum atomic E-state index is -1.37. The molecule has 3 heteroatoms. The Balaban J connectivity index is 2.38. The summed E-state index contributed by atoms with van der Waals surface area (Å²) >= 11 is 0. The average molecular weight is 342 g/mol. The predicted octanol–water partition coefficient (Wildman–Crippen LogP) is 7.45. The van der Waals surface area contributed by atoms with Gasteiger partial charge in [-0.1, -0.05) is 72.1 Å². The van der Waals surface area contributed by atoms with Crippen molar-refractivity contribution >= 4 is 0 Å². The Morgan fingerprint density at radius 1 is 0.792 bits per heavy atom. The van der Waals surface area contributed by atoms with Gasteiger partial charge in [0.05, 0.1) is 0 Å². The molecule has 0 N–H and O–H groups in total. The summed E-state index contributed by atoms with van der Waals surface area (Å²) in [6, 6.07) is 2.25. The van der Waals surface area contributed by atoms with E-state index in [-0.39, 0.29) is 0 Å². The van der Waals surface area contributed by atoms with E-state index in [9.17, 15) is 13.2 Å². The Hall–Kier alpha value is -0.990. The largest absolute Gasteiger partial charge is 0.204 e. The fourth-order valence-corrected chi connectivity index (χ4v) is 3.58. The highest BCUT2D eigenvalue weighted by Gasteiger charge is 2.12. The monoisotopic (exact) mass is 342 g/mol.